The predicted octanol–water partition coefficient (Wildman–Crippen LogP) is 3.23. The summed E-state index contributed by atoms with van der Waals surface area (Å²) >= 11 is 2.82. The zero-order chi connectivity index (χ0) is 18.5. The second-order valence-corrected chi connectivity index (χ2v) is 7.92. The highest BCUT2D eigenvalue weighted by Gasteiger charge is 2.13. The van der Waals surface area contributed by atoms with Gasteiger partial charge in [0.05, 0.1) is 22.8 Å². The first-order chi connectivity index (χ1) is 12.5. The molecule has 1 amide bonds. The van der Waals surface area contributed by atoms with E-state index in [2.05, 4.69) is 38.1 Å². The van der Waals surface area contributed by atoms with Crippen LogP contribution < -0.4 is 10.6 Å². The minimum Gasteiger partial charge on any atom is -0.356 e. The Bertz CT molecular complexity index is 890. The van der Waals surface area contributed by atoms with Gasteiger partial charge in [-0.15, -0.1) is 10.2 Å². The fourth-order valence-corrected chi connectivity index (χ4v) is 3.92. The van der Waals surface area contributed by atoms with Gasteiger partial charge in [0.25, 0.3) is 0 Å². The zero-order valence-corrected chi connectivity index (χ0v) is 16.4. The summed E-state index contributed by atoms with van der Waals surface area (Å²) in [5.74, 6) is 0.198. The molecule has 7 nitrogen and oxygen atoms in total. The molecule has 0 unspecified atom stereocenters. The maximum absolute atomic E-state index is 12.2. The number of amides is 1. The van der Waals surface area contributed by atoms with Gasteiger partial charge in [0.2, 0.25) is 11.0 Å². The molecule has 136 valence electrons. The topological polar surface area (TPSA) is 84.7 Å². The summed E-state index contributed by atoms with van der Waals surface area (Å²) in [6, 6.07) is 10.1. The number of rotatable bonds is 7. The third-order valence-corrected chi connectivity index (χ3v) is 5.81. The minimum absolute atomic E-state index is 0.0804. The number of anilines is 2. The van der Waals surface area contributed by atoms with E-state index in [4.69, 9.17) is 0 Å². The number of benzene rings is 1. The van der Waals surface area contributed by atoms with Crippen LogP contribution in [0.4, 0.5) is 10.8 Å². The van der Waals surface area contributed by atoms with Crippen molar-refractivity contribution in [1.82, 2.24) is 20.0 Å². The average molecular weight is 389 g/mol. The van der Waals surface area contributed by atoms with Crippen LogP contribution in [0.1, 0.15) is 17.0 Å². The molecule has 0 radical (unpaired) electrons. The van der Waals surface area contributed by atoms with Gasteiger partial charge in [0.15, 0.2) is 4.34 Å². The molecule has 0 saturated carbocycles. The second kappa shape index (κ2) is 8.33. The van der Waals surface area contributed by atoms with Gasteiger partial charge in [-0.3, -0.25) is 9.48 Å². The Morgan fingerprint density at radius 3 is 2.69 bits per heavy atom. The molecule has 0 fully saturated rings. The summed E-state index contributed by atoms with van der Waals surface area (Å²) in [7, 11) is 1.86. The van der Waals surface area contributed by atoms with E-state index in [0.29, 0.717) is 6.54 Å². The molecule has 3 rings (SSSR count). The van der Waals surface area contributed by atoms with E-state index >= 15 is 0 Å². The Hall–Kier alpha value is -2.39. The van der Waals surface area contributed by atoms with Crippen molar-refractivity contribution in [3.8, 4) is 0 Å². The van der Waals surface area contributed by atoms with Crippen LogP contribution >= 0.6 is 23.1 Å². The van der Waals surface area contributed by atoms with Crippen LogP contribution in [-0.2, 0) is 18.4 Å². The van der Waals surface area contributed by atoms with Gasteiger partial charge in [-0.05, 0) is 19.4 Å². The number of hydrogen-bond acceptors (Lipinski definition) is 7. The third-order valence-electron chi connectivity index (χ3n) is 3.79. The van der Waals surface area contributed by atoms with Gasteiger partial charge >= 0.3 is 0 Å². The van der Waals surface area contributed by atoms with Crippen LogP contribution in [0.2, 0.25) is 0 Å². The Balaban J connectivity index is 1.49. The monoisotopic (exact) mass is 388 g/mol. The van der Waals surface area contributed by atoms with Gasteiger partial charge < -0.3 is 10.6 Å². The minimum atomic E-state index is -0.0804. The number of hydrogen-bond donors (Lipinski definition) is 2. The van der Waals surface area contributed by atoms with E-state index in [9.17, 15) is 4.79 Å². The standard InChI is InChI=1S/C17H20N6OS2/c1-11-15(12(2)23(3)22-11)19-14(24)10-25-17-21-20-16(26-17)18-9-13-7-5-4-6-8-13/h4-8H,9-10H2,1-3H3,(H,18,20)(H,19,24). The maximum Gasteiger partial charge on any atom is 0.234 e. The lowest BCUT2D eigenvalue weighted by atomic mass is 10.2. The van der Waals surface area contributed by atoms with E-state index < -0.39 is 0 Å². The first kappa shape index (κ1) is 18.4. The van der Waals surface area contributed by atoms with Crippen molar-refractivity contribution in [2.45, 2.75) is 24.7 Å². The number of carbonyl (C=O) groups excluding carboxylic acids is 1. The quantitative estimate of drug-likeness (QED) is 0.605. The third kappa shape index (κ3) is 4.61. The normalized spacial score (nSPS) is 10.7. The van der Waals surface area contributed by atoms with Gasteiger partial charge in [-0.1, -0.05) is 53.4 Å². The van der Waals surface area contributed by atoms with Gasteiger partial charge in [0, 0.05) is 13.6 Å². The summed E-state index contributed by atoms with van der Waals surface area (Å²) < 4.78 is 2.52. The molecule has 0 bridgehead atoms. The summed E-state index contributed by atoms with van der Waals surface area (Å²) in [4.78, 5) is 12.2. The van der Waals surface area contributed by atoms with Crippen LogP contribution in [0.3, 0.4) is 0 Å². The van der Waals surface area contributed by atoms with Crippen molar-refractivity contribution >= 4 is 39.8 Å². The van der Waals surface area contributed by atoms with Crippen molar-refractivity contribution < 1.29 is 4.79 Å². The van der Waals surface area contributed by atoms with Crippen LogP contribution in [-0.4, -0.2) is 31.6 Å². The molecule has 2 aromatic heterocycles. The average Bonchev–Trinajstić information content (AvgIpc) is 3.19. The molecular weight excluding hydrogens is 368 g/mol. The lowest BCUT2D eigenvalue weighted by Gasteiger charge is -2.04. The molecule has 3 aromatic rings. The molecule has 0 spiro atoms. The summed E-state index contributed by atoms with van der Waals surface area (Å²) in [6.07, 6.45) is 0. The molecular formula is C17H20N6OS2. The van der Waals surface area contributed by atoms with Crippen LogP contribution in [0.5, 0.6) is 0 Å². The zero-order valence-electron chi connectivity index (χ0n) is 14.8. The summed E-state index contributed by atoms with van der Waals surface area (Å²) in [5.41, 5.74) is 3.70. The molecule has 0 saturated heterocycles. The molecule has 26 heavy (non-hydrogen) atoms. The first-order valence-corrected chi connectivity index (χ1v) is 9.87. The van der Waals surface area contributed by atoms with Crippen LogP contribution in [0, 0.1) is 13.8 Å². The highest BCUT2D eigenvalue weighted by atomic mass is 32.2. The highest BCUT2D eigenvalue weighted by Crippen LogP contribution is 2.26. The lowest BCUT2D eigenvalue weighted by Crippen LogP contribution is -2.15. The highest BCUT2D eigenvalue weighted by molar-refractivity contribution is 8.01. The Morgan fingerprint density at radius 1 is 1.23 bits per heavy atom. The Morgan fingerprint density at radius 2 is 2.00 bits per heavy atom. The van der Waals surface area contributed by atoms with E-state index in [1.807, 2.05) is 39.1 Å². The van der Waals surface area contributed by atoms with Gasteiger partial charge in [-0.2, -0.15) is 5.10 Å². The van der Waals surface area contributed by atoms with Gasteiger partial charge in [0.1, 0.15) is 0 Å². The number of nitrogens with one attached hydrogen (secondary N) is 2. The molecule has 0 aliphatic heterocycles. The lowest BCUT2D eigenvalue weighted by molar-refractivity contribution is -0.113. The molecule has 2 N–H and O–H groups in total. The predicted molar refractivity (Wildman–Crippen MR) is 106 cm³/mol. The molecule has 0 aliphatic carbocycles. The number of thioether (sulfide) groups is 1. The van der Waals surface area contributed by atoms with Crippen molar-refractivity contribution in [3.63, 3.8) is 0 Å². The van der Waals surface area contributed by atoms with Gasteiger partial charge in [-0.25, -0.2) is 0 Å². The van der Waals surface area contributed by atoms with E-state index in [1.54, 1.807) is 4.68 Å². The number of carbonyl (C=O) groups is 1. The molecule has 0 atom stereocenters. The summed E-state index contributed by atoms with van der Waals surface area (Å²) in [6.45, 7) is 4.50. The van der Waals surface area contributed by atoms with E-state index in [0.717, 1.165) is 26.5 Å². The molecule has 9 heteroatoms. The van der Waals surface area contributed by atoms with Crippen LogP contribution in [0.25, 0.3) is 0 Å². The largest absolute Gasteiger partial charge is 0.356 e. The smallest absolute Gasteiger partial charge is 0.234 e. The molecule has 2 heterocycles. The second-order valence-electron chi connectivity index (χ2n) is 5.72. The fraction of sp³-hybridized carbons (Fsp3) is 0.294. The Labute approximate surface area is 160 Å². The SMILES string of the molecule is Cc1nn(C)c(C)c1NC(=O)CSc1nnc(NCc2ccccc2)s1. The Kier molecular flexibility index (Phi) is 5.89. The molecule has 1 aromatic carbocycles. The van der Waals surface area contributed by atoms with Crippen molar-refractivity contribution in [1.29, 1.82) is 0 Å². The maximum atomic E-state index is 12.2. The van der Waals surface area contributed by atoms with E-state index in [-0.39, 0.29) is 11.7 Å². The summed E-state index contributed by atoms with van der Waals surface area (Å²) in [5, 5.41) is 19.4. The van der Waals surface area contributed by atoms with Crippen LogP contribution in [0.15, 0.2) is 34.7 Å². The number of aryl methyl sites for hydroxylation is 2. The number of aromatic nitrogens is 4. The number of nitrogens with zero attached hydrogens (tertiary/aromatic N) is 4. The molecule has 0 aliphatic rings. The fourth-order valence-electron chi connectivity index (χ4n) is 2.37. The van der Waals surface area contributed by atoms with E-state index in [1.165, 1.54) is 28.7 Å². The van der Waals surface area contributed by atoms with Crippen molar-refractivity contribution in [2.24, 2.45) is 7.05 Å². The first-order valence-electron chi connectivity index (χ1n) is 8.07. The van der Waals surface area contributed by atoms with Crippen molar-refractivity contribution in [2.75, 3.05) is 16.4 Å². The van der Waals surface area contributed by atoms with Crippen molar-refractivity contribution in [3.05, 3.63) is 47.3 Å².